The molecule has 0 unspecified atom stereocenters. The maximum absolute atomic E-state index is 3.63. The number of hydrogen-bond donors (Lipinski definition) is 1. The predicted octanol–water partition coefficient (Wildman–Crippen LogP) is 4.89. The maximum atomic E-state index is 3.63. The Morgan fingerprint density at radius 2 is 1.39 bits per heavy atom. The molecule has 0 aliphatic heterocycles. The third kappa shape index (κ3) is 3.63. The molecule has 0 fully saturated rings. The highest BCUT2D eigenvalue weighted by atomic mass is 14.9. The molecule has 1 atom stereocenters. The van der Waals surface area contributed by atoms with Crippen LogP contribution in [0.4, 0.5) is 5.69 Å². The van der Waals surface area contributed by atoms with Crippen LogP contribution in [0.2, 0.25) is 0 Å². The van der Waals surface area contributed by atoms with Crippen molar-refractivity contribution in [2.75, 3.05) is 5.32 Å². The zero-order chi connectivity index (χ0) is 12.8. The zero-order valence-corrected chi connectivity index (χ0v) is 11.1. The van der Waals surface area contributed by atoms with Crippen molar-refractivity contribution in [3.05, 3.63) is 66.2 Å². The molecule has 0 aromatic heterocycles. The smallest absolute Gasteiger partial charge is 0.0516 e. The summed E-state index contributed by atoms with van der Waals surface area (Å²) in [6.07, 6.45) is 1.14. The SMILES string of the molecule is CC(C)C[C@@H](Nc1ccccc1)c1ccccc1. The standard InChI is InChI=1S/C17H21N/c1-14(2)13-17(15-9-5-3-6-10-15)18-16-11-7-4-8-12-16/h3-12,14,17-18H,13H2,1-2H3/t17-/m1/s1. The van der Waals surface area contributed by atoms with Gasteiger partial charge in [0.15, 0.2) is 0 Å². The van der Waals surface area contributed by atoms with E-state index in [-0.39, 0.29) is 0 Å². The Kier molecular flexibility index (Phi) is 4.40. The van der Waals surface area contributed by atoms with Crippen LogP contribution in [0.3, 0.4) is 0 Å². The minimum atomic E-state index is 0.383. The summed E-state index contributed by atoms with van der Waals surface area (Å²) >= 11 is 0. The summed E-state index contributed by atoms with van der Waals surface area (Å²) in [6.45, 7) is 4.53. The summed E-state index contributed by atoms with van der Waals surface area (Å²) in [7, 11) is 0. The van der Waals surface area contributed by atoms with E-state index in [0.29, 0.717) is 12.0 Å². The Balaban J connectivity index is 2.16. The highest BCUT2D eigenvalue weighted by Gasteiger charge is 2.12. The van der Waals surface area contributed by atoms with E-state index in [0.717, 1.165) is 6.42 Å². The number of benzene rings is 2. The number of anilines is 1. The van der Waals surface area contributed by atoms with Gasteiger partial charge in [-0.3, -0.25) is 0 Å². The lowest BCUT2D eigenvalue weighted by molar-refractivity contribution is 0.531. The molecule has 2 aromatic rings. The normalized spacial score (nSPS) is 12.4. The van der Waals surface area contributed by atoms with Gasteiger partial charge >= 0.3 is 0 Å². The molecule has 0 bridgehead atoms. The van der Waals surface area contributed by atoms with Gasteiger partial charge in [-0.25, -0.2) is 0 Å². The van der Waals surface area contributed by atoms with Gasteiger partial charge in [0, 0.05) is 5.69 Å². The minimum Gasteiger partial charge on any atom is -0.378 e. The summed E-state index contributed by atoms with van der Waals surface area (Å²) in [5.41, 5.74) is 2.54. The molecule has 0 spiro atoms. The van der Waals surface area contributed by atoms with E-state index < -0.39 is 0 Å². The number of para-hydroxylation sites is 1. The van der Waals surface area contributed by atoms with E-state index >= 15 is 0 Å². The van der Waals surface area contributed by atoms with Gasteiger partial charge in [0.25, 0.3) is 0 Å². The van der Waals surface area contributed by atoms with Gasteiger partial charge in [-0.1, -0.05) is 62.4 Å². The molecule has 0 saturated heterocycles. The van der Waals surface area contributed by atoms with Crippen molar-refractivity contribution in [3.63, 3.8) is 0 Å². The van der Waals surface area contributed by atoms with Gasteiger partial charge in [-0.15, -0.1) is 0 Å². The van der Waals surface area contributed by atoms with Crippen LogP contribution < -0.4 is 5.32 Å². The van der Waals surface area contributed by atoms with Crippen LogP contribution >= 0.6 is 0 Å². The Morgan fingerprint density at radius 3 is 1.94 bits per heavy atom. The number of nitrogens with one attached hydrogen (secondary N) is 1. The van der Waals surface area contributed by atoms with E-state index in [4.69, 9.17) is 0 Å². The Morgan fingerprint density at radius 1 is 0.833 bits per heavy atom. The molecule has 18 heavy (non-hydrogen) atoms. The van der Waals surface area contributed by atoms with Gasteiger partial charge in [-0.05, 0) is 30.0 Å². The van der Waals surface area contributed by atoms with E-state index in [1.807, 2.05) is 6.07 Å². The maximum Gasteiger partial charge on any atom is 0.0516 e. The summed E-state index contributed by atoms with van der Waals surface area (Å²) in [5, 5.41) is 3.63. The third-order valence-corrected chi connectivity index (χ3v) is 3.02. The van der Waals surface area contributed by atoms with Crippen LogP contribution in [0.15, 0.2) is 60.7 Å². The lowest BCUT2D eigenvalue weighted by Crippen LogP contribution is -2.13. The van der Waals surface area contributed by atoms with E-state index in [9.17, 15) is 0 Å². The number of hydrogen-bond acceptors (Lipinski definition) is 1. The van der Waals surface area contributed by atoms with Crippen LogP contribution in [-0.2, 0) is 0 Å². The monoisotopic (exact) mass is 239 g/mol. The van der Waals surface area contributed by atoms with Crippen LogP contribution in [0, 0.1) is 5.92 Å². The molecule has 2 rings (SSSR count). The lowest BCUT2D eigenvalue weighted by atomic mass is 9.97. The molecular weight excluding hydrogens is 218 g/mol. The van der Waals surface area contributed by atoms with Gasteiger partial charge in [0.05, 0.1) is 6.04 Å². The molecule has 0 saturated carbocycles. The summed E-state index contributed by atoms with van der Waals surface area (Å²) in [5.74, 6) is 0.673. The quantitative estimate of drug-likeness (QED) is 0.783. The van der Waals surface area contributed by atoms with Crippen LogP contribution in [0.25, 0.3) is 0 Å². The largest absolute Gasteiger partial charge is 0.378 e. The molecule has 94 valence electrons. The summed E-state index contributed by atoms with van der Waals surface area (Å²) < 4.78 is 0. The molecule has 0 aliphatic rings. The second-order valence-corrected chi connectivity index (χ2v) is 5.10. The molecule has 0 aliphatic carbocycles. The van der Waals surface area contributed by atoms with Gasteiger partial charge in [-0.2, -0.15) is 0 Å². The Bertz CT molecular complexity index is 448. The number of rotatable bonds is 5. The highest BCUT2D eigenvalue weighted by Crippen LogP contribution is 2.25. The van der Waals surface area contributed by atoms with Crippen molar-refractivity contribution < 1.29 is 0 Å². The molecule has 0 heterocycles. The van der Waals surface area contributed by atoms with Crippen LogP contribution in [-0.4, -0.2) is 0 Å². The van der Waals surface area contributed by atoms with Crippen molar-refractivity contribution >= 4 is 5.69 Å². The van der Waals surface area contributed by atoms with Crippen molar-refractivity contribution in [2.45, 2.75) is 26.3 Å². The van der Waals surface area contributed by atoms with Crippen molar-refractivity contribution in [1.29, 1.82) is 0 Å². The molecular formula is C17H21N. The van der Waals surface area contributed by atoms with E-state index in [1.165, 1.54) is 11.3 Å². The van der Waals surface area contributed by atoms with Gasteiger partial charge < -0.3 is 5.32 Å². The highest BCUT2D eigenvalue weighted by molar-refractivity contribution is 5.45. The van der Waals surface area contributed by atoms with Crippen molar-refractivity contribution in [1.82, 2.24) is 0 Å². The first kappa shape index (κ1) is 12.7. The van der Waals surface area contributed by atoms with E-state index in [2.05, 4.69) is 73.8 Å². The van der Waals surface area contributed by atoms with Crippen LogP contribution in [0.5, 0.6) is 0 Å². The molecule has 0 radical (unpaired) electrons. The fourth-order valence-electron chi connectivity index (χ4n) is 2.17. The lowest BCUT2D eigenvalue weighted by Gasteiger charge is -2.22. The Hall–Kier alpha value is -1.76. The molecule has 1 heteroatoms. The van der Waals surface area contributed by atoms with Gasteiger partial charge in [0.1, 0.15) is 0 Å². The molecule has 0 amide bonds. The third-order valence-electron chi connectivity index (χ3n) is 3.02. The van der Waals surface area contributed by atoms with Crippen molar-refractivity contribution in [3.8, 4) is 0 Å². The average Bonchev–Trinajstić information content (AvgIpc) is 2.40. The first-order valence-electron chi connectivity index (χ1n) is 6.62. The van der Waals surface area contributed by atoms with Crippen molar-refractivity contribution in [2.24, 2.45) is 5.92 Å². The molecule has 1 nitrogen and oxygen atoms in total. The second-order valence-electron chi connectivity index (χ2n) is 5.10. The zero-order valence-electron chi connectivity index (χ0n) is 11.1. The first-order valence-corrected chi connectivity index (χ1v) is 6.62. The second kappa shape index (κ2) is 6.25. The summed E-state index contributed by atoms with van der Waals surface area (Å²) in [4.78, 5) is 0. The Labute approximate surface area is 110 Å². The van der Waals surface area contributed by atoms with Crippen LogP contribution in [0.1, 0.15) is 31.9 Å². The average molecular weight is 239 g/mol. The topological polar surface area (TPSA) is 12.0 Å². The fraction of sp³-hybridized carbons (Fsp3) is 0.294. The van der Waals surface area contributed by atoms with Gasteiger partial charge in [0.2, 0.25) is 0 Å². The molecule has 2 aromatic carbocycles. The van der Waals surface area contributed by atoms with E-state index in [1.54, 1.807) is 0 Å². The first-order chi connectivity index (χ1) is 8.75. The predicted molar refractivity (Wildman–Crippen MR) is 78.7 cm³/mol. The summed E-state index contributed by atoms with van der Waals surface area (Å²) in [6, 6.07) is 21.5. The minimum absolute atomic E-state index is 0.383. The fourth-order valence-corrected chi connectivity index (χ4v) is 2.17. The molecule has 1 N–H and O–H groups in total.